The monoisotopic (exact) mass is 454 g/mol. The number of aryl methyl sites for hydroxylation is 1. The zero-order chi connectivity index (χ0) is 24.1. The minimum Gasteiger partial charge on any atom is -0.507 e. The summed E-state index contributed by atoms with van der Waals surface area (Å²) in [5.41, 5.74) is 6.83. The summed E-state index contributed by atoms with van der Waals surface area (Å²) in [5, 5.41) is 11.1. The number of primary amides is 1. The van der Waals surface area contributed by atoms with Crippen LogP contribution in [0.1, 0.15) is 22.7 Å². The third-order valence-electron chi connectivity index (χ3n) is 5.32. The number of Topliss-reactive ketones (excluding diaryl/α,β-unsaturated/α-hetero) is 1. The molecule has 1 aliphatic rings. The van der Waals surface area contributed by atoms with Crippen LogP contribution in [-0.4, -0.2) is 61.6 Å². The van der Waals surface area contributed by atoms with Crippen molar-refractivity contribution in [2.45, 2.75) is 13.0 Å². The van der Waals surface area contributed by atoms with Gasteiger partial charge in [-0.05, 0) is 48.4 Å². The molecular formula is C24H26N2O7. The number of amides is 2. The first kappa shape index (κ1) is 23.8. The van der Waals surface area contributed by atoms with Crippen molar-refractivity contribution in [3.8, 4) is 11.5 Å². The van der Waals surface area contributed by atoms with Crippen LogP contribution in [0, 0.1) is 6.92 Å². The molecule has 3 N–H and O–H groups in total. The van der Waals surface area contributed by atoms with Crippen molar-refractivity contribution in [2.24, 2.45) is 5.73 Å². The van der Waals surface area contributed by atoms with E-state index in [9.17, 15) is 19.5 Å². The Labute approximate surface area is 191 Å². The van der Waals surface area contributed by atoms with Gasteiger partial charge in [0.15, 0.2) is 6.61 Å². The molecule has 2 aromatic rings. The number of hydrogen-bond donors (Lipinski definition) is 2. The highest BCUT2D eigenvalue weighted by atomic mass is 16.5. The largest absolute Gasteiger partial charge is 0.507 e. The van der Waals surface area contributed by atoms with Crippen LogP contribution in [0.25, 0.3) is 5.76 Å². The molecular weight excluding hydrogens is 428 g/mol. The summed E-state index contributed by atoms with van der Waals surface area (Å²) >= 11 is 0. The van der Waals surface area contributed by atoms with E-state index < -0.39 is 23.6 Å². The van der Waals surface area contributed by atoms with Crippen molar-refractivity contribution in [3.05, 3.63) is 64.7 Å². The van der Waals surface area contributed by atoms with Crippen molar-refractivity contribution in [3.63, 3.8) is 0 Å². The van der Waals surface area contributed by atoms with Gasteiger partial charge in [-0.2, -0.15) is 0 Å². The second-order valence-corrected chi connectivity index (χ2v) is 7.49. The van der Waals surface area contributed by atoms with E-state index in [4.69, 9.17) is 19.9 Å². The van der Waals surface area contributed by atoms with Crippen LogP contribution in [0.15, 0.2) is 48.0 Å². The Bertz CT molecular complexity index is 1090. The van der Waals surface area contributed by atoms with Crippen LogP contribution in [0.5, 0.6) is 11.5 Å². The van der Waals surface area contributed by atoms with Crippen molar-refractivity contribution >= 4 is 23.4 Å². The molecule has 1 fully saturated rings. The molecule has 0 aromatic heterocycles. The lowest BCUT2D eigenvalue weighted by molar-refractivity contribution is -0.140. The number of rotatable bonds is 9. The maximum atomic E-state index is 13.0. The van der Waals surface area contributed by atoms with Gasteiger partial charge in [-0.15, -0.1) is 0 Å². The van der Waals surface area contributed by atoms with Crippen LogP contribution >= 0.6 is 0 Å². The quantitative estimate of drug-likeness (QED) is 0.337. The van der Waals surface area contributed by atoms with Gasteiger partial charge in [0.05, 0.1) is 25.3 Å². The van der Waals surface area contributed by atoms with Gasteiger partial charge in [-0.1, -0.05) is 12.1 Å². The number of benzene rings is 2. The molecule has 1 saturated heterocycles. The number of likely N-dealkylation sites (tertiary alicyclic amines) is 1. The van der Waals surface area contributed by atoms with E-state index in [0.29, 0.717) is 22.6 Å². The van der Waals surface area contributed by atoms with Gasteiger partial charge in [0.1, 0.15) is 17.3 Å². The van der Waals surface area contributed by atoms with Gasteiger partial charge in [-0.25, -0.2) is 0 Å². The second-order valence-electron chi connectivity index (χ2n) is 7.49. The van der Waals surface area contributed by atoms with E-state index in [2.05, 4.69) is 0 Å². The molecule has 0 saturated carbocycles. The number of carbonyl (C=O) groups is 3. The zero-order valence-electron chi connectivity index (χ0n) is 18.7. The summed E-state index contributed by atoms with van der Waals surface area (Å²) < 4.78 is 15.6. The summed E-state index contributed by atoms with van der Waals surface area (Å²) in [5.74, 6) is -1.36. The maximum absolute atomic E-state index is 13.0. The molecule has 0 radical (unpaired) electrons. The Kier molecular flexibility index (Phi) is 7.34. The molecule has 0 spiro atoms. The molecule has 174 valence electrons. The van der Waals surface area contributed by atoms with Crippen molar-refractivity contribution in [1.82, 2.24) is 4.90 Å². The third-order valence-corrected chi connectivity index (χ3v) is 5.32. The molecule has 9 heteroatoms. The third kappa shape index (κ3) is 4.98. The Morgan fingerprint density at radius 2 is 1.82 bits per heavy atom. The highest BCUT2D eigenvalue weighted by Crippen LogP contribution is 2.40. The topological polar surface area (TPSA) is 128 Å². The van der Waals surface area contributed by atoms with Gasteiger partial charge >= 0.3 is 0 Å². The molecule has 1 aliphatic heterocycles. The zero-order valence-corrected chi connectivity index (χ0v) is 18.7. The summed E-state index contributed by atoms with van der Waals surface area (Å²) in [7, 11) is 3.04. The van der Waals surface area contributed by atoms with Crippen LogP contribution in [0.2, 0.25) is 0 Å². The van der Waals surface area contributed by atoms with Crippen LogP contribution < -0.4 is 15.2 Å². The number of aliphatic hydroxyl groups is 1. The Morgan fingerprint density at radius 3 is 2.39 bits per heavy atom. The lowest BCUT2D eigenvalue weighted by atomic mass is 9.94. The Hall–Kier alpha value is -3.85. The van der Waals surface area contributed by atoms with Gasteiger partial charge < -0.3 is 30.0 Å². The Morgan fingerprint density at radius 1 is 1.12 bits per heavy atom. The summed E-state index contributed by atoms with van der Waals surface area (Å²) in [4.78, 5) is 38.1. The SMILES string of the molecule is COCCN1C(=O)C(=O)C(=C(O)c2ccc(OC)c(C)c2)[C@H]1c1ccc(OCC(N)=O)cc1. The van der Waals surface area contributed by atoms with Crippen molar-refractivity contribution in [1.29, 1.82) is 0 Å². The van der Waals surface area contributed by atoms with Crippen molar-refractivity contribution in [2.75, 3.05) is 34.0 Å². The molecule has 0 bridgehead atoms. The smallest absolute Gasteiger partial charge is 0.295 e. The van der Waals surface area contributed by atoms with Crippen molar-refractivity contribution < 1.29 is 33.7 Å². The predicted octanol–water partition coefficient (Wildman–Crippen LogP) is 1.94. The van der Waals surface area contributed by atoms with E-state index in [0.717, 1.165) is 5.56 Å². The fourth-order valence-corrected chi connectivity index (χ4v) is 3.73. The highest BCUT2D eigenvalue weighted by molar-refractivity contribution is 6.46. The number of hydrogen-bond acceptors (Lipinski definition) is 7. The fourth-order valence-electron chi connectivity index (χ4n) is 3.73. The van der Waals surface area contributed by atoms with Crippen LogP contribution in [0.3, 0.4) is 0 Å². The average molecular weight is 454 g/mol. The highest BCUT2D eigenvalue weighted by Gasteiger charge is 2.45. The molecule has 0 unspecified atom stereocenters. The lowest BCUT2D eigenvalue weighted by Crippen LogP contribution is -2.32. The standard InChI is InChI=1S/C24H26N2O7/c1-14-12-16(6-9-18(14)32-3)22(28)20-21(26(10-11-31-2)24(30)23(20)29)15-4-7-17(8-5-15)33-13-19(25)27/h4-9,12,21,28H,10-11,13H2,1-3H3,(H2,25,27)/t21-/m1/s1. The molecule has 0 aliphatic carbocycles. The number of nitrogens with two attached hydrogens (primary N) is 1. The minimum absolute atomic E-state index is 0.0218. The van der Waals surface area contributed by atoms with Gasteiger partial charge in [-0.3, -0.25) is 14.4 Å². The average Bonchev–Trinajstić information content (AvgIpc) is 3.06. The number of carbonyl (C=O) groups excluding carboxylic acids is 3. The number of ether oxygens (including phenoxy) is 3. The molecule has 33 heavy (non-hydrogen) atoms. The van der Waals surface area contributed by atoms with E-state index in [-0.39, 0.29) is 31.1 Å². The van der Waals surface area contributed by atoms with E-state index in [1.165, 1.54) is 12.0 Å². The fraction of sp³-hybridized carbons (Fsp3) is 0.292. The number of nitrogens with zero attached hydrogens (tertiary/aromatic N) is 1. The lowest BCUT2D eigenvalue weighted by Gasteiger charge is -2.25. The van der Waals surface area contributed by atoms with E-state index >= 15 is 0 Å². The van der Waals surface area contributed by atoms with Gasteiger partial charge in [0.25, 0.3) is 17.6 Å². The van der Waals surface area contributed by atoms with E-state index in [1.54, 1.807) is 49.6 Å². The maximum Gasteiger partial charge on any atom is 0.295 e. The van der Waals surface area contributed by atoms with E-state index in [1.807, 2.05) is 6.92 Å². The first-order valence-corrected chi connectivity index (χ1v) is 10.2. The molecule has 1 atom stereocenters. The summed E-state index contributed by atoms with van der Waals surface area (Å²) in [6, 6.07) is 10.7. The summed E-state index contributed by atoms with van der Waals surface area (Å²) in [6.07, 6.45) is 0. The summed E-state index contributed by atoms with van der Waals surface area (Å²) in [6.45, 7) is 1.91. The molecule has 2 amide bonds. The second kappa shape index (κ2) is 10.2. The molecule has 9 nitrogen and oxygen atoms in total. The molecule has 1 heterocycles. The first-order valence-electron chi connectivity index (χ1n) is 10.2. The first-order chi connectivity index (χ1) is 15.8. The molecule has 3 rings (SSSR count). The van der Waals surface area contributed by atoms with Gasteiger partial charge in [0, 0.05) is 19.2 Å². The minimum atomic E-state index is -0.826. The number of ketones is 1. The number of aliphatic hydroxyl groups excluding tert-OH is 1. The number of methoxy groups -OCH3 is 2. The predicted molar refractivity (Wildman–Crippen MR) is 120 cm³/mol. The normalized spacial score (nSPS) is 17.3. The van der Waals surface area contributed by atoms with Crippen LogP contribution in [0.4, 0.5) is 0 Å². The van der Waals surface area contributed by atoms with Crippen LogP contribution in [-0.2, 0) is 19.1 Å². The Balaban J connectivity index is 2.07. The molecule has 2 aromatic carbocycles. The van der Waals surface area contributed by atoms with Gasteiger partial charge in [0.2, 0.25) is 0 Å².